The second-order valence-corrected chi connectivity index (χ2v) is 9.13. The van der Waals surface area contributed by atoms with E-state index < -0.39 is 9.84 Å². The smallest absolute Gasteiger partial charge is 0.191 e. The molecule has 5 nitrogen and oxygen atoms in total. The third-order valence-electron chi connectivity index (χ3n) is 3.84. The summed E-state index contributed by atoms with van der Waals surface area (Å²) in [6.07, 6.45) is 4.59. The van der Waals surface area contributed by atoms with Gasteiger partial charge in [0.1, 0.15) is 5.82 Å². The Kier molecular flexibility index (Phi) is 12.9. The zero-order chi connectivity index (χ0) is 19.6. The summed E-state index contributed by atoms with van der Waals surface area (Å²) in [4.78, 5) is 4.48. The molecule has 0 radical (unpaired) electrons. The van der Waals surface area contributed by atoms with Crippen molar-refractivity contribution in [3.8, 4) is 0 Å². The number of unbranched alkanes of at least 4 members (excludes halogenated alkanes) is 1. The summed E-state index contributed by atoms with van der Waals surface area (Å²) in [6.45, 7) is 8.17. The Morgan fingerprint density at radius 3 is 2.48 bits per heavy atom. The molecule has 0 aliphatic carbocycles. The third kappa shape index (κ3) is 12.2. The van der Waals surface area contributed by atoms with E-state index >= 15 is 0 Å². The SMILES string of the molecule is CCNC(=NCc1cc(F)ccc1CS(C)(=O)=O)NCCCCC(C)C.I. The van der Waals surface area contributed by atoms with Gasteiger partial charge in [-0.05, 0) is 42.5 Å². The summed E-state index contributed by atoms with van der Waals surface area (Å²) in [5, 5.41) is 6.44. The number of aliphatic imine (C=N–C) groups is 1. The molecule has 0 heterocycles. The average Bonchev–Trinajstić information content (AvgIpc) is 2.52. The predicted molar refractivity (Wildman–Crippen MR) is 122 cm³/mol. The molecule has 0 unspecified atom stereocenters. The van der Waals surface area contributed by atoms with Gasteiger partial charge < -0.3 is 10.6 Å². The van der Waals surface area contributed by atoms with Gasteiger partial charge in [0, 0.05) is 19.3 Å². The summed E-state index contributed by atoms with van der Waals surface area (Å²) in [5.41, 5.74) is 1.18. The monoisotopic (exact) mass is 513 g/mol. The average molecular weight is 513 g/mol. The lowest BCUT2D eigenvalue weighted by atomic mass is 10.1. The van der Waals surface area contributed by atoms with Gasteiger partial charge in [0.05, 0.1) is 12.3 Å². The molecule has 27 heavy (non-hydrogen) atoms. The van der Waals surface area contributed by atoms with Gasteiger partial charge in [-0.1, -0.05) is 32.8 Å². The minimum Gasteiger partial charge on any atom is -0.357 e. The number of sulfone groups is 1. The van der Waals surface area contributed by atoms with Gasteiger partial charge in [-0.2, -0.15) is 0 Å². The molecule has 1 rings (SSSR count). The molecule has 1 aromatic rings. The number of rotatable bonds is 10. The molecule has 156 valence electrons. The van der Waals surface area contributed by atoms with Crippen LogP contribution < -0.4 is 10.6 Å². The second-order valence-electron chi connectivity index (χ2n) is 6.99. The van der Waals surface area contributed by atoms with Crippen LogP contribution in [0.25, 0.3) is 0 Å². The topological polar surface area (TPSA) is 70.6 Å². The largest absolute Gasteiger partial charge is 0.357 e. The second kappa shape index (κ2) is 13.3. The molecule has 0 atom stereocenters. The van der Waals surface area contributed by atoms with E-state index in [-0.39, 0.29) is 42.1 Å². The standard InChI is InChI=1S/C19H32FN3O2S.HI/c1-5-21-19(22-11-7-6-8-15(2)3)23-13-17-12-18(20)10-9-16(17)14-26(4,24)25;/h9-10,12,15H,5-8,11,13-14H2,1-4H3,(H2,21,22,23);1H. The Morgan fingerprint density at radius 1 is 1.19 bits per heavy atom. The molecule has 0 aliphatic rings. The fourth-order valence-corrected chi connectivity index (χ4v) is 3.40. The molecule has 0 aromatic heterocycles. The highest BCUT2D eigenvalue weighted by molar-refractivity contribution is 14.0. The first-order chi connectivity index (χ1) is 12.2. The minimum atomic E-state index is -3.19. The van der Waals surface area contributed by atoms with Crippen LogP contribution in [-0.4, -0.2) is 33.7 Å². The third-order valence-corrected chi connectivity index (χ3v) is 4.67. The summed E-state index contributed by atoms with van der Waals surface area (Å²) < 4.78 is 36.7. The van der Waals surface area contributed by atoms with Crippen molar-refractivity contribution in [2.45, 2.75) is 52.3 Å². The first-order valence-corrected chi connectivity index (χ1v) is 11.2. The van der Waals surface area contributed by atoms with Crippen LogP contribution >= 0.6 is 24.0 Å². The molecule has 1 aromatic carbocycles. The van der Waals surface area contributed by atoms with Crippen molar-refractivity contribution in [2.24, 2.45) is 10.9 Å². The number of hydrogen-bond acceptors (Lipinski definition) is 3. The Balaban J connectivity index is 0.00000676. The van der Waals surface area contributed by atoms with Crippen molar-refractivity contribution in [2.75, 3.05) is 19.3 Å². The van der Waals surface area contributed by atoms with Crippen LogP contribution in [-0.2, 0) is 22.1 Å². The number of halogens is 2. The van der Waals surface area contributed by atoms with E-state index in [2.05, 4.69) is 29.5 Å². The summed E-state index contributed by atoms with van der Waals surface area (Å²) in [7, 11) is -3.19. The fraction of sp³-hybridized carbons (Fsp3) is 0.632. The van der Waals surface area contributed by atoms with Crippen LogP contribution in [0.1, 0.15) is 51.2 Å². The predicted octanol–water partition coefficient (Wildman–Crippen LogP) is 3.87. The molecule has 2 N–H and O–H groups in total. The molecular weight excluding hydrogens is 480 g/mol. The molecular formula is C19H33FIN3O2S. The highest BCUT2D eigenvalue weighted by atomic mass is 127. The van der Waals surface area contributed by atoms with E-state index in [1.165, 1.54) is 30.9 Å². The van der Waals surface area contributed by atoms with E-state index in [0.29, 0.717) is 23.0 Å². The van der Waals surface area contributed by atoms with E-state index in [0.717, 1.165) is 25.9 Å². The van der Waals surface area contributed by atoms with Gasteiger partial charge in [0.2, 0.25) is 0 Å². The highest BCUT2D eigenvalue weighted by Crippen LogP contribution is 2.15. The zero-order valence-electron chi connectivity index (χ0n) is 16.7. The summed E-state index contributed by atoms with van der Waals surface area (Å²) >= 11 is 0. The first kappa shape index (κ1) is 26.1. The van der Waals surface area contributed by atoms with Crippen molar-refractivity contribution in [1.82, 2.24) is 10.6 Å². The molecule has 0 aliphatic heterocycles. The number of nitrogens with zero attached hydrogens (tertiary/aromatic N) is 1. The van der Waals surface area contributed by atoms with E-state index in [9.17, 15) is 12.8 Å². The molecule has 0 saturated carbocycles. The Bertz CT molecular complexity index is 694. The molecule has 0 saturated heterocycles. The zero-order valence-corrected chi connectivity index (χ0v) is 19.9. The maximum Gasteiger partial charge on any atom is 0.191 e. The van der Waals surface area contributed by atoms with Gasteiger partial charge in [0.25, 0.3) is 0 Å². The van der Waals surface area contributed by atoms with Crippen LogP contribution in [0.4, 0.5) is 4.39 Å². The highest BCUT2D eigenvalue weighted by Gasteiger charge is 2.10. The van der Waals surface area contributed by atoms with Crippen LogP contribution in [0.3, 0.4) is 0 Å². The Hall–Kier alpha value is -0.900. The van der Waals surface area contributed by atoms with E-state index in [1.54, 1.807) is 0 Å². The molecule has 0 spiro atoms. The lowest BCUT2D eigenvalue weighted by molar-refractivity contribution is 0.534. The minimum absolute atomic E-state index is 0. The van der Waals surface area contributed by atoms with Crippen LogP contribution in [0.5, 0.6) is 0 Å². The first-order valence-electron chi connectivity index (χ1n) is 9.18. The molecule has 0 bridgehead atoms. The van der Waals surface area contributed by atoms with Gasteiger partial charge >= 0.3 is 0 Å². The molecule has 0 fully saturated rings. The van der Waals surface area contributed by atoms with Crippen molar-refractivity contribution in [3.05, 3.63) is 35.1 Å². The number of nitrogens with one attached hydrogen (secondary N) is 2. The van der Waals surface area contributed by atoms with Gasteiger partial charge in [0.15, 0.2) is 15.8 Å². The fourth-order valence-electron chi connectivity index (χ4n) is 2.56. The van der Waals surface area contributed by atoms with E-state index in [1.807, 2.05) is 6.92 Å². The number of guanidine groups is 1. The van der Waals surface area contributed by atoms with Crippen molar-refractivity contribution >= 4 is 39.8 Å². The van der Waals surface area contributed by atoms with Crippen LogP contribution in [0.15, 0.2) is 23.2 Å². The summed E-state index contributed by atoms with van der Waals surface area (Å²) in [6, 6.07) is 4.16. The van der Waals surface area contributed by atoms with E-state index in [4.69, 9.17) is 0 Å². The Morgan fingerprint density at radius 2 is 1.89 bits per heavy atom. The van der Waals surface area contributed by atoms with Crippen LogP contribution in [0, 0.1) is 11.7 Å². The van der Waals surface area contributed by atoms with Gasteiger partial charge in [-0.3, -0.25) is 0 Å². The van der Waals surface area contributed by atoms with Crippen LogP contribution in [0.2, 0.25) is 0 Å². The summed E-state index contributed by atoms with van der Waals surface area (Å²) in [5.74, 6) is 0.862. The van der Waals surface area contributed by atoms with Gasteiger partial charge in [-0.25, -0.2) is 17.8 Å². The van der Waals surface area contributed by atoms with Crippen molar-refractivity contribution < 1.29 is 12.8 Å². The normalized spacial score (nSPS) is 12.0. The maximum atomic E-state index is 13.6. The van der Waals surface area contributed by atoms with Gasteiger partial charge in [-0.15, -0.1) is 24.0 Å². The molecule has 0 amide bonds. The number of benzene rings is 1. The lowest BCUT2D eigenvalue weighted by Crippen LogP contribution is -2.37. The van der Waals surface area contributed by atoms with Crippen molar-refractivity contribution in [3.63, 3.8) is 0 Å². The molecule has 8 heteroatoms. The maximum absolute atomic E-state index is 13.6. The lowest BCUT2D eigenvalue weighted by Gasteiger charge is -2.13. The quantitative estimate of drug-likeness (QED) is 0.216. The Labute approximate surface area is 180 Å². The number of hydrogen-bond donors (Lipinski definition) is 2. The van der Waals surface area contributed by atoms with Crippen molar-refractivity contribution in [1.29, 1.82) is 0 Å².